The zero-order chi connectivity index (χ0) is 20.6. The van der Waals surface area contributed by atoms with Gasteiger partial charge in [0.1, 0.15) is 10.8 Å². The van der Waals surface area contributed by atoms with Gasteiger partial charge in [0.15, 0.2) is 0 Å². The highest BCUT2D eigenvalue weighted by Gasteiger charge is 2.21. The van der Waals surface area contributed by atoms with Gasteiger partial charge >= 0.3 is 0 Å². The van der Waals surface area contributed by atoms with Crippen molar-refractivity contribution < 1.29 is 9.32 Å². The number of hydrogen-bond donors (Lipinski definition) is 1. The fraction of sp³-hybridized carbons (Fsp3) is 0.591. The summed E-state index contributed by atoms with van der Waals surface area (Å²) in [5, 5.41) is 7.77. The highest BCUT2D eigenvalue weighted by atomic mass is 32.2. The number of nitrogens with one attached hydrogen (secondary N) is 1. The summed E-state index contributed by atoms with van der Waals surface area (Å²) in [6.07, 6.45) is 5.16. The molecular weight excluding hydrogens is 384 g/mol. The summed E-state index contributed by atoms with van der Waals surface area (Å²) in [6.45, 7) is 10.8. The summed E-state index contributed by atoms with van der Waals surface area (Å²) in [6, 6.07) is 5.53. The Bertz CT molecular complexity index is 785. The number of hydrogen-bond acceptors (Lipinski definition) is 6. The molecule has 2 aromatic heterocycles. The van der Waals surface area contributed by atoms with E-state index in [1.54, 1.807) is 12.3 Å². The third kappa shape index (κ3) is 6.85. The molecule has 1 aliphatic rings. The third-order valence-corrected chi connectivity index (χ3v) is 6.22. The van der Waals surface area contributed by atoms with Gasteiger partial charge in [-0.05, 0) is 56.7 Å². The fourth-order valence-electron chi connectivity index (χ4n) is 4.04. The molecule has 7 heteroatoms. The van der Waals surface area contributed by atoms with Crippen LogP contribution in [-0.4, -0.2) is 47.1 Å². The second-order valence-electron chi connectivity index (χ2n) is 8.24. The topological polar surface area (TPSA) is 71.3 Å². The Balaban J connectivity index is 1.41. The van der Waals surface area contributed by atoms with Gasteiger partial charge < -0.3 is 14.7 Å². The Labute approximate surface area is 177 Å². The molecule has 2 atom stereocenters. The van der Waals surface area contributed by atoms with E-state index in [0.29, 0.717) is 17.9 Å². The molecule has 0 aromatic carbocycles. The normalized spacial score (nSPS) is 20.0. The van der Waals surface area contributed by atoms with Crippen LogP contribution in [0.5, 0.6) is 0 Å². The van der Waals surface area contributed by atoms with Crippen molar-refractivity contribution in [2.45, 2.75) is 50.8 Å². The number of unbranched alkanes of at least 4 members (excludes halogenated alkanes) is 1. The van der Waals surface area contributed by atoms with Gasteiger partial charge in [0.2, 0.25) is 0 Å². The third-order valence-electron chi connectivity index (χ3n) is 5.18. The lowest BCUT2D eigenvalue weighted by Crippen LogP contribution is -2.39. The minimum absolute atomic E-state index is 0.0582. The van der Waals surface area contributed by atoms with Crippen molar-refractivity contribution in [3.8, 4) is 0 Å². The molecule has 1 saturated heterocycles. The second kappa shape index (κ2) is 10.8. The van der Waals surface area contributed by atoms with Gasteiger partial charge in [0.25, 0.3) is 5.91 Å². The van der Waals surface area contributed by atoms with Crippen molar-refractivity contribution in [2.75, 3.05) is 26.2 Å². The van der Waals surface area contributed by atoms with Gasteiger partial charge in [-0.1, -0.05) is 30.8 Å². The van der Waals surface area contributed by atoms with Crippen LogP contribution < -0.4 is 5.32 Å². The predicted molar refractivity (Wildman–Crippen MR) is 116 cm³/mol. The monoisotopic (exact) mass is 416 g/mol. The van der Waals surface area contributed by atoms with E-state index in [0.717, 1.165) is 47.7 Å². The van der Waals surface area contributed by atoms with Crippen molar-refractivity contribution in [1.82, 2.24) is 20.4 Å². The smallest absolute Gasteiger partial charge is 0.254 e. The largest absolute Gasteiger partial charge is 0.361 e. The Kier molecular flexibility index (Phi) is 8.12. The number of piperidine rings is 1. The number of carbonyl (C=O) groups excluding carboxylic acids is 1. The van der Waals surface area contributed by atoms with Crippen LogP contribution in [0.15, 0.2) is 33.9 Å². The van der Waals surface area contributed by atoms with Gasteiger partial charge in [0.05, 0.1) is 11.3 Å². The van der Waals surface area contributed by atoms with E-state index in [1.807, 2.05) is 19.1 Å². The number of pyridine rings is 1. The average Bonchev–Trinajstić information content (AvgIpc) is 3.10. The number of likely N-dealkylation sites (tertiary alicyclic amines) is 1. The first kappa shape index (κ1) is 21.8. The van der Waals surface area contributed by atoms with Crippen LogP contribution in [0.25, 0.3) is 0 Å². The first-order chi connectivity index (χ1) is 14.0. The lowest BCUT2D eigenvalue weighted by Gasteiger charge is -2.34. The summed E-state index contributed by atoms with van der Waals surface area (Å²) in [5.74, 6) is 2.94. The lowest BCUT2D eigenvalue weighted by molar-refractivity contribution is 0.0948. The maximum Gasteiger partial charge on any atom is 0.254 e. The molecule has 1 amide bonds. The van der Waals surface area contributed by atoms with Crippen molar-refractivity contribution in [1.29, 1.82) is 0 Å². The molecule has 0 radical (unpaired) electrons. The zero-order valence-electron chi connectivity index (χ0n) is 17.7. The maximum absolute atomic E-state index is 12.6. The fourth-order valence-corrected chi connectivity index (χ4v) is 4.91. The van der Waals surface area contributed by atoms with Gasteiger partial charge in [-0.15, -0.1) is 0 Å². The van der Waals surface area contributed by atoms with Crippen molar-refractivity contribution in [3.63, 3.8) is 0 Å². The lowest BCUT2D eigenvalue weighted by atomic mass is 9.92. The highest BCUT2D eigenvalue weighted by molar-refractivity contribution is 7.98. The average molecular weight is 417 g/mol. The molecule has 2 aromatic rings. The van der Waals surface area contributed by atoms with E-state index < -0.39 is 0 Å². The predicted octanol–water partition coefficient (Wildman–Crippen LogP) is 4.16. The van der Waals surface area contributed by atoms with Crippen molar-refractivity contribution >= 4 is 17.7 Å². The number of rotatable bonds is 9. The zero-order valence-corrected chi connectivity index (χ0v) is 18.5. The van der Waals surface area contributed by atoms with E-state index in [4.69, 9.17) is 4.52 Å². The highest BCUT2D eigenvalue weighted by Crippen LogP contribution is 2.24. The molecule has 1 N–H and O–H groups in total. The van der Waals surface area contributed by atoms with Crippen LogP contribution in [0.1, 0.15) is 54.9 Å². The van der Waals surface area contributed by atoms with Crippen LogP contribution >= 0.6 is 11.8 Å². The number of amides is 1. The minimum Gasteiger partial charge on any atom is -0.361 e. The molecule has 3 heterocycles. The van der Waals surface area contributed by atoms with Crippen LogP contribution in [-0.2, 0) is 5.75 Å². The molecule has 0 spiro atoms. The van der Waals surface area contributed by atoms with Gasteiger partial charge in [0, 0.05) is 37.7 Å². The summed E-state index contributed by atoms with van der Waals surface area (Å²) in [4.78, 5) is 19.6. The summed E-state index contributed by atoms with van der Waals surface area (Å²) in [5.41, 5.74) is 1.47. The molecule has 0 saturated carbocycles. The maximum atomic E-state index is 12.6. The van der Waals surface area contributed by atoms with Gasteiger partial charge in [-0.2, -0.15) is 0 Å². The van der Waals surface area contributed by atoms with Crippen LogP contribution in [0.4, 0.5) is 0 Å². The molecule has 0 aliphatic carbocycles. The summed E-state index contributed by atoms with van der Waals surface area (Å²) >= 11 is 1.50. The molecular formula is C22H32N4O2S. The Hall–Kier alpha value is -1.86. The van der Waals surface area contributed by atoms with Gasteiger partial charge in [-0.25, -0.2) is 4.98 Å². The summed E-state index contributed by atoms with van der Waals surface area (Å²) in [7, 11) is 0. The first-order valence-corrected chi connectivity index (χ1v) is 11.5. The van der Waals surface area contributed by atoms with Crippen molar-refractivity contribution in [2.24, 2.45) is 11.8 Å². The molecule has 29 heavy (non-hydrogen) atoms. The Morgan fingerprint density at radius 2 is 2.10 bits per heavy atom. The van der Waals surface area contributed by atoms with Crippen molar-refractivity contribution in [3.05, 3.63) is 41.4 Å². The SMILES string of the molecule is Cc1cc(CSc2ncccc2C(=O)NCCCCN2C[C@@H](C)C[C@H](C)C2)no1. The number of aromatic nitrogens is 2. The van der Waals surface area contributed by atoms with Gasteiger partial charge in [-0.3, -0.25) is 4.79 Å². The molecule has 0 bridgehead atoms. The Morgan fingerprint density at radius 3 is 2.83 bits per heavy atom. The number of aryl methyl sites for hydroxylation is 1. The molecule has 1 aliphatic heterocycles. The number of carbonyl (C=O) groups is 1. The van der Waals surface area contributed by atoms with E-state index in [-0.39, 0.29) is 5.91 Å². The van der Waals surface area contributed by atoms with E-state index in [2.05, 4.69) is 34.2 Å². The van der Waals surface area contributed by atoms with E-state index in [1.165, 1.54) is 31.3 Å². The van der Waals surface area contributed by atoms with Crippen LogP contribution in [0.2, 0.25) is 0 Å². The molecule has 1 fully saturated rings. The minimum atomic E-state index is -0.0582. The van der Waals surface area contributed by atoms with E-state index >= 15 is 0 Å². The standard InChI is InChI=1S/C22H32N4O2S/c1-16-11-17(2)14-26(13-16)10-5-4-8-23-21(27)20-7-6-9-24-22(20)29-15-19-12-18(3)28-25-19/h6-7,9,12,16-17H,4-5,8,10-11,13-15H2,1-3H3,(H,23,27)/t16-,17-/m0/s1. The number of thioether (sulfide) groups is 1. The summed E-state index contributed by atoms with van der Waals surface area (Å²) < 4.78 is 5.10. The Morgan fingerprint density at radius 1 is 1.31 bits per heavy atom. The van der Waals surface area contributed by atoms with Crippen LogP contribution in [0.3, 0.4) is 0 Å². The molecule has 158 valence electrons. The molecule has 6 nitrogen and oxygen atoms in total. The first-order valence-electron chi connectivity index (χ1n) is 10.5. The number of nitrogens with zero attached hydrogens (tertiary/aromatic N) is 3. The second-order valence-corrected chi connectivity index (χ2v) is 9.21. The van der Waals surface area contributed by atoms with Crippen LogP contribution in [0, 0.1) is 18.8 Å². The molecule has 3 rings (SSSR count). The van der Waals surface area contributed by atoms with E-state index in [9.17, 15) is 4.79 Å². The molecule has 0 unspecified atom stereocenters. The quantitative estimate of drug-likeness (QED) is 0.489.